The van der Waals surface area contributed by atoms with Crippen LogP contribution in [0.15, 0.2) is 18.2 Å². The number of hydrogen-bond donors (Lipinski definition) is 2. The first-order chi connectivity index (χ1) is 9.05. The minimum Gasteiger partial charge on any atom is -0.394 e. The zero-order valence-electron chi connectivity index (χ0n) is 11.0. The quantitative estimate of drug-likeness (QED) is 0.874. The Morgan fingerprint density at radius 1 is 1.58 bits per heavy atom. The molecule has 0 bridgehead atoms. The molecule has 1 aliphatic rings. The summed E-state index contributed by atoms with van der Waals surface area (Å²) in [6, 6.07) is 4.51. The van der Waals surface area contributed by atoms with E-state index in [0.29, 0.717) is 6.54 Å². The lowest BCUT2D eigenvalue weighted by atomic mass is 9.92. The van der Waals surface area contributed by atoms with Crippen molar-refractivity contribution < 1.29 is 14.2 Å². The summed E-state index contributed by atoms with van der Waals surface area (Å²) in [6.45, 7) is 3.23. The molecule has 3 nitrogen and oxygen atoms in total. The smallest absolute Gasteiger partial charge is 0.141 e. The maximum absolute atomic E-state index is 13.2. The van der Waals surface area contributed by atoms with Crippen molar-refractivity contribution >= 4 is 11.6 Å². The number of halogens is 2. The fraction of sp³-hybridized carbons (Fsp3) is 0.571. The van der Waals surface area contributed by atoms with Gasteiger partial charge in [-0.3, -0.25) is 0 Å². The Bertz CT molecular complexity index is 437. The van der Waals surface area contributed by atoms with Crippen molar-refractivity contribution in [1.82, 2.24) is 5.32 Å². The van der Waals surface area contributed by atoms with Gasteiger partial charge in [0.05, 0.1) is 23.3 Å². The molecular weight excluding hydrogens is 269 g/mol. The molecule has 0 amide bonds. The van der Waals surface area contributed by atoms with Crippen LogP contribution >= 0.6 is 11.6 Å². The van der Waals surface area contributed by atoms with Gasteiger partial charge in [0, 0.05) is 13.2 Å². The normalized spacial score (nSPS) is 22.4. The second-order valence-corrected chi connectivity index (χ2v) is 5.54. The highest BCUT2D eigenvalue weighted by Gasteiger charge is 2.28. The number of aliphatic hydroxyl groups excluding tert-OH is 1. The molecule has 2 rings (SSSR count). The van der Waals surface area contributed by atoms with E-state index in [4.69, 9.17) is 16.3 Å². The molecule has 1 saturated heterocycles. The maximum atomic E-state index is 13.2. The predicted octanol–water partition coefficient (Wildman–Crippen LogP) is 2.46. The Balaban J connectivity index is 2.08. The largest absolute Gasteiger partial charge is 0.394 e. The summed E-state index contributed by atoms with van der Waals surface area (Å²) in [4.78, 5) is 0. The monoisotopic (exact) mass is 287 g/mol. The zero-order valence-corrected chi connectivity index (χ0v) is 11.7. The molecule has 106 valence electrons. The minimum atomic E-state index is -0.650. The van der Waals surface area contributed by atoms with Gasteiger partial charge in [-0.2, -0.15) is 0 Å². The van der Waals surface area contributed by atoms with Crippen LogP contribution in [0.3, 0.4) is 0 Å². The molecule has 5 heteroatoms. The Morgan fingerprint density at radius 3 is 2.95 bits per heavy atom. The van der Waals surface area contributed by atoms with E-state index >= 15 is 0 Å². The van der Waals surface area contributed by atoms with E-state index in [-0.39, 0.29) is 17.7 Å². The van der Waals surface area contributed by atoms with Crippen molar-refractivity contribution in [2.75, 3.05) is 19.8 Å². The Labute approximate surface area is 117 Å². The van der Waals surface area contributed by atoms with E-state index in [2.05, 4.69) is 5.32 Å². The van der Waals surface area contributed by atoms with E-state index < -0.39 is 11.4 Å². The number of hydrogen-bond acceptors (Lipinski definition) is 3. The van der Waals surface area contributed by atoms with Crippen molar-refractivity contribution in [3.63, 3.8) is 0 Å². The van der Waals surface area contributed by atoms with Crippen molar-refractivity contribution in [3.05, 3.63) is 34.6 Å². The van der Waals surface area contributed by atoms with E-state index in [1.165, 1.54) is 6.07 Å². The van der Waals surface area contributed by atoms with Gasteiger partial charge in [0.2, 0.25) is 0 Å². The van der Waals surface area contributed by atoms with Crippen LogP contribution in [0.25, 0.3) is 0 Å². The predicted molar refractivity (Wildman–Crippen MR) is 72.8 cm³/mol. The van der Waals surface area contributed by atoms with Gasteiger partial charge in [-0.25, -0.2) is 4.39 Å². The number of benzene rings is 1. The molecule has 2 N–H and O–H groups in total. The molecule has 0 aliphatic carbocycles. The fourth-order valence-corrected chi connectivity index (χ4v) is 2.41. The van der Waals surface area contributed by atoms with E-state index in [0.717, 1.165) is 25.0 Å². The number of rotatable bonds is 5. The second kappa shape index (κ2) is 6.18. The molecule has 2 atom stereocenters. The standard InChI is InChI=1S/C14H19ClFNO2/c1-14(9-18,17-8-11-3-2-6-19-11)10-4-5-13(16)12(15)7-10/h4-5,7,11,17-18H,2-3,6,8-9H2,1H3. The van der Waals surface area contributed by atoms with Crippen LogP contribution < -0.4 is 5.32 Å². The molecule has 1 fully saturated rings. The van der Waals surface area contributed by atoms with Crippen LogP contribution in [-0.4, -0.2) is 31.0 Å². The van der Waals surface area contributed by atoms with Gasteiger partial charge >= 0.3 is 0 Å². The average Bonchev–Trinajstić information content (AvgIpc) is 2.92. The summed E-state index contributed by atoms with van der Waals surface area (Å²) in [5.41, 5.74) is 0.114. The van der Waals surface area contributed by atoms with Crippen LogP contribution in [-0.2, 0) is 10.3 Å². The Hall–Kier alpha value is -0.680. The summed E-state index contributed by atoms with van der Waals surface area (Å²) in [5.74, 6) is -0.454. The van der Waals surface area contributed by atoms with Crippen LogP contribution in [0.5, 0.6) is 0 Å². The molecule has 1 aliphatic heterocycles. The first-order valence-corrected chi connectivity index (χ1v) is 6.86. The van der Waals surface area contributed by atoms with E-state index in [1.54, 1.807) is 12.1 Å². The molecule has 0 spiro atoms. The van der Waals surface area contributed by atoms with Crippen molar-refractivity contribution in [2.24, 2.45) is 0 Å². The number of aliphatic hydroxyl groups is 1. The molecule has 0 aromatic heterocycles. The van der Waals surface area contributed by atoms with Gasteiger partial charge < -0.3 is 15.2 Å². The van der Waals surface area contributed by atoms with Gasteiger partial charge in [0.25, 0.3) is 0 Å². The third-order valence-corrected chi connectivity index (χ3v) is 3.91. The highest BCUT2D eigenvalue weighted by Crippen LogP contribution is 2.25. The van der Waals surface area contributed by atoms with Crippen molar-refractivity contribution in [1.29, 1.82) is 0 Å². The maximum Gasteiger partial charge on any atom is 0.141 e. The highest BCUT2D eigenvalue weighted by atomic mass is 35.5. The van der Waals surface area contributed by atoms with Gasteiger partial charge in [-0.15, -0.1) is 0 Å². The highest BCUT2D eigenvalue weighted by molar-refractivity contribution is 6.30. The van der Waals surface area contributed by atoms with Gasteiger partial charge in [0.1, 0.15) is 5.82 Å². The summed E-state index contributed by atoms with van der Waals surface area (Å²) < 4.78 is 18.7. The van der Waals surface area contributed by atoms with Crippen LogP contribution in [0.2, 0.25) is 5.02 Å². The summed E-state index contributed by atoms with van der Waals surface area (Å²) in [6.07, 6.45) is 2.28. The lowest BCUT2D eigenvalue weighted by molar-refractivity contribution is 0.0910. The van der Waals surface area contributed by atoms with Crippen LogP contribution in [0.4, 0.5) is 4.39 Å². The first-order valence-electron chi connectivity index (χ1n) is 6.48. The molecule has 0 saturated carbocycles. The third kappa shape index (κ3) is 3.45. The second-order valence-electron chi connectivity index (χ2n) is 5.14. The SMILES string of the molecule is CC(CO)(NCC1CCCO1)c1ccc(F)c(Cl)c1. The summed E-state index contributed by atoms with van der Waals surface area (Å²) in [5, 5.41) is 13.0. The Morgan fingerprint density at radius 2 is 2.37 bits per heavy atom. The molecule has 2 unspecified atom stereocenters. The summed E-state index contributed by atoms with van der Waals surface area (Å²) in [7, 11) is 0. The molecule has 19 heavy (non-hydrogen) atoms. The van der Waals surface area contributed by atoms with Crippen LogP contribution in [0, 0.1) is 5.82 Å². The average molecular weight is 288 g/mol. The Kier molecular flexibility index (Phi) is 4.79. The number of nitrogens with one attached hydrogen (secondary N) is 1. The fourth-order valence-electron chi connectivity index (χ4n) is 2.23. The molecule has 1 aromatic rings. The third-order valence-electron chi connectivity index (χ3n) is 3.62. The van der Waals surface area contributed by atoms with Crippen LogP contribution in [0.1, 0.15) is 25.3 Å². The topological polar surface area (TPSA) is 41.5 Å². The van der Waals surface area contributed by atoms with Crippen molar-refractivity contribution in [2.45, 2.75) is 31.4 Å². The molecular formula is C14H19ClFNO2. The summed E-state index contributed by atoms with van der Waals surface area (Å²) >= 11 is 5.80. The van der Waals surface area contributed by atoms with Gasteiger partial charge in [0.15, 0.2) is 0 Å². The lowest BCUT2D eigenvalue weighted by Gasteiger charge is -2.31. The molecule has 0 radical (unpaired) electrons. The first kappa shape index (κ1) is 14.7. The lowest BCUT2D eigenvalue weighted by Crippen LogP contribution is -2.46. The van der Waals surface area contributed by atoms with Crippen molar-refractivity contribution in [3.8, 4) is 0 Å². The number of ether oxygens (including phenoxy) is 1. The zero-order chi connectivity index (χ0) is 13.9. The van der Waals surface area contributed by atoms with E-state index in [1.807, 2.05) is 6.92 Å². The van der Waals surface area contributed by atoms with Gasteiger partial charge in [-0.05, 0) is 37.5 Å². The minimum absolute atomic E-state index is 0.0658. The molecule has 1 aromatic carbocycles. The van der Waals surface area contributed by atoms with E-state index in [9.17, 15) is 9.50 Å². The molecule has 1 heterocycles. The van der Waals surface area contributed by atoms with Gasteiger partial charge in [-0.1, -0.05) is 17.7 Å².